The lowest BCUT2D eigenvalue weighted by atomic mass is 9.93. The summed E-state index contributed by atoms with van der Waals surface area (Å²) in [6, 6.07) is 4.41. The van der Waals surface area contributed by atoms with Gasteiger partial charge in [-0.2, -0.15) is 0 Å². The van der Waals surface area contributed by atoms with Crippen molar-refractivity contribution in [3.05, 3.63) is 34.9 Å². The molecular formula is C33H57N3O4. The molecule has 0 fully saturated rings. The molecule has 4 unspecified atom stereocenters. The molecule has 1 rings (SSSR count). The van der Waals surface area contributed by atoms with Gasteiger partial charge in [0.05, 0.1) is 0 Å². The summed E-state index contributed by atoms with van der Waals surface area (Å²) < 4.78 is 5.53. The van der Waals surface area contributed by atoms with Crippen molar-refractivity contribution in [2.75, 3.05) is 6.54 Å². The van der Waals surface area contributed by atoms with E-state index in [9.17, 15) is 14.4 Å². The Kier molecular flexibility index (Phi) is 15.3. The lowest BCUT2D eigenvalue weighted by molar-refractivity contribution is -0.143. The highest BCUT2D eigenvalue weighted by Crippen LogP contribution is 2.29. The summed E-state index contributed by atoms with van der Waals surface area (Å²) in [5, 5.41) is 6.04. The lowest BCUT2D eigenvalue weighted by Crippen LogP contribution is -2.56. The molecule has 1 aromatic carbocycles. The second-order valence-electron chi connectivity index (χ2n) is 12.4. The molecule has 3 amide bonds. The molecule has 0 aliphatic carbocycles. The van der Waals surface area contributed by atoms with Gasteiger partial charge < -0.3 is 20.3 Å². The monoisotopic (exact) mass is 559 g/mol. The quantitative estimate of drug-likeness (QED) is 0.207. The number of rotatable bonds is 16. The van der Waals surface area contributed by atoms with Crippen LogP contribution in [0.25, 0.3) is 0 Å². The first kappa shape index (κ1) is 35.5. The summed E-state index contributed by atoms with van der Waals surface area (Å²) in [7, 11) is 0. The zero-order valence-electron chi connectivity index (χ0n) is 27.0. The van der Waals surface area contributed by atoms with Gasteiger partial charge in [-0.1, -0.05) is 90.0 Å². The van der Waals surface area contributed by atoms with Crippen LogP contribution in [-0.4, -0.2) is 47.0 Å². The summed E-state index contributed by atoms with van der Waals surface area (Å²) in [6.45, 7) is 20.0. The molecule has 0 bridgehead atoms. The van der Waals surface area contributed by atoms with Gasteiger partial charge in [0, 0.05) is 12.6 Å². The van der Waals surface area contributed by atoms with Crippen LogP contribution in [0.2, 0.25) is 0 Å². The highest BCUT2D eigenvalue weighted by molar-refractivity contribution is 5.92. The van der Waals surface area contributed by atoms with E-state index < -0.39 is 23.8 Å². The predicted octanol–water partition coefficient (Wildman–Crippen LogP) is 7.39. The molecule has 7 heteroatoms. The van der Waals surface area contributed by atoms with Crippen molar-refractivity contribution in [3.8, 4) is 0 Å². The number of carbonyl (C=O) groups excluding carboxylic acids is 3. The van der Waals surface area contributed by atoms with E-state index in [0.29, 0.717) is 13.0 Å². The van der Waals surface area contributed by atoms with Crippen LogP contribution in [0.5, 0.6) is 0 Å². The number of nitrogens with one attached hydrogen (secondary N) is 2. The van der Waals surface area contributed by atoms with Crippen LogP contribution in [0.15, 0.2) is 18.2 Å². The summed E-state index contributed by atoms with van der Waals surface area (Å²) >= 11 is 0. The molecular weight excluding hydrogens is 502 g/mol. The number of carbonyl (C=O) groups is 3. The second kappa shape index (κ2) is 17.3. The van der Waals surface area contributed by atoms with E-state index in [1.807, 2.05) is 52.8 Å². The Hall–Kier alpha value is -2.57. The van der Waals surface area contributed by atoms with Crippen LogP contribution < -0.4 is 10.6 Å². The average molecular weight is 560 g/mol. The van der Waals surface area contributed by atoms with E-state index in [1.165, 1.54) is 0 Å². The van der Waals surface area contributed by atoms with Crippen LogP contribution >= 0.6 is 0 Å². The van der Waals surface area contributed by atoms with E-state index in [-0.39, 0.29) is 23.8 Å². The molecule has 0 aromatic heterocycles. The molecule has 0 aliphatic rings. The van der Waals surface area contributed by atoms with Crippen molar-refractivity contribution in [2.45, 2.75) is 144 Å². The van der Waals surface area contributed by atoms with Gasteiger partial charge in [-0.05, 0) is 71.4 Å². The lowest BCUT2D eigenvalue weighted by Gasteiger charge is -2.37. The van der Waals surface area contributed by atoms with Crippen LogP contribution in [0, 0.1) is 19.8 Å². The Bertz CT molecular complexity index is 940. The fourth-order valence-electron chi connectivity index (χ4n) is 4.88. The Morgan fingerprint density at radius 2 is 1.57 bits per heavy atom. The van der Waals surface area contributed by atoms with Crippen LogP contribution in [0.1, 0.15) is 129 Å². The number of hydrogen-bond donors (Lipinski definition) is 2. The Balaban J connectivity index is 3.60. The first-order valence-corrected chi connectivity index (χ1v) is 15.4. The minimum absolute atomic E-state index is 0.0168. The number of amides is 3. The molecule has 0 aliphatic heterocycles. The van der Waals surface area contributed by atoms with Gasteiger partial charge >= 0.3 is 6.09 Å². The third kappa shape index (κ3) is 11.9. The Labute approximate surface area is 244 Å². The third-order valence-electron chi connectivity index (χ3n) is 7.34. The molecule has 7 nitrogen and oxygen atoms in total. The highest BCUT2D eigenvalue weighted by Gasteiger charge is 2.38. The van der Waals surface area contributed by atoms with E-state index in [1.54, 1.807) is 25.7 Å². The first-order valence-electron chi connectivity index (χ1n) is 15.4. The third-order valence-corrected chi connectivity index (χ3v) is 7.34. The summed E-state index contributed by atoms with van der Waals surface area (Å²) in [5.74, 6) is -0.583. The maximum Gasteiger partial charge on any atom is 0.408 e. The number of hydrogen-bond acceptors (Lipinski definition) is 4. The van der Waals surface area contributed by atoms with E-state index >= 15 is 0 Å². The van der Waals surface area contributed by atoms with Gasteiger partial charge in [0.15, 0.2) is 0 Å². The van der Waals surface area contributed by atoms with Crippen molar-refractivity contribution in [1.82, 2.24) is 15.5 Å². The minimum Gasteiger partial charge on any atom is -0.444 e. The fourth-order valence-corrected chi connectivity index (χ4v) is 4.88. The number of alkyl carbamates (subject to hydrolysis) is 1. The number of ether oxygens (including phenoxy) is 1. The zero-order chi connectivity index (χ0) is 30.5. The van der Waals surface area contributed by atoms with Crippen molar-refractivity contribution >= 4 is 17.9 Å². The number of nitrogens with zero attached hydrogens (tertiary/aromatic N) is 1. The highest BCUT2D eigenvalue weighted by atomic mass is 16.6. The van der Waals surface area contributed by atoms with Gasteiger partial charge in [-0.3, -0.25) is 9.59 Å². The van der Waals surface area contributed by atoms with Crippen LogP contribution in [0.4, 0.5) is 4.79 Å². The average Bonchev–Trinajstić information content (AvgIpc) is 2.86. The summed E-state index contributed by atoms with van der Waals surface area (Å²) in [6.07, 6.45) is 6.96. The minimum atomic E-state index is -0.816. The molecule has 228 valence electrons. The number of unbranched alkanes of at least 4 members (excludes halogenated alkanes) is 4. The normalized spacial score (nSPS) is 14.6. The first-order chi connectivity index (χ1) is 18.7. The molecule has 0 saturated carbocycles. The van der Waals surface area contributed by atoms with E-state index in [4.69, 9.17) is 4.74 Å². The van der Waals surface area contributed by atoms with Gasteiger partial charge in [0.2, 0.25) is 11.8 Å². The molecule has 0 saturated heterocycles. The van der Waals surface area contributed by atoms with Gasteiger partial charge in [-0.25, -0.2) is 4.79 Å². The largest absolute Gasteiger partial charge is 0.444 e. The van der Waals surface area contributed by atoms with Crippen molar-refractivity contribution in [3.63, 3.8) is 0 Å². The maximum absolute atomic E-state index is 14.5. The number of benzene rings is 1. The maximum atomic E-state index is 14.5. The van der Waals surface area contributed by atoms with Crippen LogP contribution in [0.3, 0.4) is 0 Å². The van der Waals surface area contributed by atoms with Crippen molar-refractivity contribution in [2.24, 2.45) is 5.92 Å². The molecule has 0 spiro atoms. The molecule has 0 radical (unpaired) electrons. The fraction of sp³-hybridized carbons (Fsp3) is 0.727. The van der Waals surface area contributed by atoms with Crippen LogP contribution in [-0.2, 0) is 14.3 Å². The molecule has 40 heavy (non-hydrogen) atoms. The summed E-state index contributed by atoms with van der Waals surface area (Å²) in [5.41, 5.74) is 2.12. The topological polar surface area (TPSA) is 87.7 Å². The van der Waals surface area contributed by atoms with Crippen molar-refractivity contribution < 1.29 is 19.1 Å². The SMILES string of the molecule is CCCCCCCN(C(=O)C(NC(=O)OC(C)(C)C)C(C)CC)C(C(=O)NC(C)CCC)c1cc(C)ccc1C. The molecule has 4 atom stereocenters. The Morgan fingerprint density at radius 3 is 2.15 bits per heavy atom. The zero-order valence-corrected chi connectivity index (χ0v) is 27.0. The van der Waals surface area contributed by atoms with E-state index in [2.05, 4.69) is 24.5 Å². The van der Waals surface area contributed by atoms with Gasteiger partial charge in [-0.15, -0.1) is 0 Å². The number of aryl methyl sites for hydroxylation is 2. The predicted molar refractivity (Wildman–Crippen MR) is 164 cm³/mol. The molecule has 1 aromatic rings. The van der Waals surface area contributed by atoms with E-state index in [0.717, 1.165) is 61.6 Å². The molecule has 0 heterocycles. The molecule has 2 N–H and O–H groups in total. The standard InChI is InChI=1S/C33H57N3O4/c1-11-14-15-16-17-21-36(31(38)28(24(5)13-3)35-32(39)40-33(8,9)10)29(30(37)34-26(7)18-12-2)27-22-23(4)19-20-25(27)6/h19-20,22,24,26,28-29H,11-18,21H2,1-10H3,(H,34,37)(H,35,39). The Morgan fingerprint density at radius 1 is 0.925 bits per heavy atom. The van der Waals surface area contributed by atoms with Gasteiger partial charge in [0.25, 0.3) is 0 Å². The second-order valence-corrected chi connectivity index (χ2v) is 12.4. The van der Waals surface area contributed by atoms with Gasteiger partial charge in [0.1, 0.15) is 17.7 Å². The van der Waals surface area contributed by atoms with Crippen molar-refractivity contribution in [1.29, 1.82) is 0 Å². The summed E-state index contributed by atoms with van der Waals surface area (Å²) in [4.78, 5) is 43.1. The smallest absolute Gasteiger partial charge is 0.408 e.